The first-order valence-electron chi connectivity index (χ1n) is 5.39. The summed E-state index contributed by atoms with van der Waals surface area (Å²) in [6.07, 6.45) is 2.22. The van der Waals surface area contributed by atoms with Crippen molar-refractivity contribution in [1.82, 2.24) is 0 Å². The van der Waals surface area contributed by atoms with Gasteiger partial charge in [0.05, 0.1) is 9.95 Å². The smallest absolute Gasteiger partial charge is 0.294 e. The maximum absolute atomic E-state index is 13.3. The van der Waals surface area contributed by atoms with Crippen molar-refractivity contribution in [3.05, 3.63) is 33.1 Å². The second-order valence-corrected chi connectivity index (χ2v) is 4.72. The Balaban J connectivity index is 2.29. The molecule has 0 amide bonds. The van der Waals surface area contributed by atoms with Crippen LogP contribution in [-0.2, 0) is 0 Å². The van der Waals surface area contributed by atoms with Crippen molar-refractivity contribution in [1.29, 1.82) is 0 Å². The van der Waals surface area contributed by atoms with Crippen LogP contribution in [0.1, 0.15) is 19.8 Å². The van der Waals surface area contributed by atoms with Crippen molar-refractivity contribution in [2.75, 3.05) is 5.32 Å². The number of nitro groups is 1. The Bertz CT molecular complexity index is 463. The molecule has 92 valence electrons. The number of hydrogen-bond acceptors (Lipinski definition) is 3. The highest BCUT2D eigenvalue weighted by Gasteiger charge is 2.29. The van der Waals surface area contributed by atoms with Gasteiger partial charge in [-0.05, 0) is 25.7 Å². The number of nitrogens with one attached hydrogen (secondary N) is 1. The molecule has 6 heteroatoms. The summed E-state index contributed by atoms with van der Waals surface area (Å²) >= 11 is 5.53. The molecule has 4 nitrogen and oxygen atoms in total. The lowest BCUT2D eigenvalue weighted by Crippen LogP contribution is -2.18. The third-order valence-electron chi connectivity index (χ3n) is 2.95. The van der Waals surface area contributed by atoms with E-state index in [1.54, 1.807) is 0 Å². The van der Waals surface area contributed by atoms with E-state index in [-0.39, 0.29) is 22.4 Å². The van der Waals surface area contributed by atoms with Crippen LogP contribution in [-0.4, -0.2) is 11.0 Å². The lowest BCUT2D eigenvalue weighted by molar-refractivity contribution is -0.384. The molecule has 0 aliphatic heterocycles. The predicted octanol–water partition coefficient (Wildman–Crippen LogP) is 3.60. The number of anilines is 1. The topological polar surface area (TPSA) is 55.2 Å². The molecule has 1 saturated carbocycles. The number of benzene rings is 1. The molecule has 1 aromatic rings. The van der Waals surface area contributed by atoms with Crippen LogP contribution >= 0.6 is 11.6 Å². The van der Waals surface area contributed by atoms with Gasteiger partial charge in [0.15, 0.2) is 0 Å². The monoisotopic (exact) mass is 258 g/mol. The fourth-order valence-electron chi connectivity index (χ4n) is 1.76. The third-order valence-corrected chi connectivity index (χ3v) is 3.24. The maximum atomic E-state index is 13.3. The standard InChI is InChI=1S/C11H12ClFN2O2/c1-6(7-2-3-7)14-10-5-9(13)8(12)4-11(10)15(16)17/h4-7,14H,2-3H2,1H3. The zero-order valence-corrected chi connectivity index (χ0v) is 10.00. The Hall–Kier alpha value is -1.36. The minimum Gasteiger partial charge on any atom is -0.377 e. The van der Waals surface area contributed by atoms with Crippen molar-refractivity contribution in [2.24, 2.45) is 5.92 Å². The van der Waals surface area contributed by atoms with Gasteiger partial charge in [0.2, 0.25) is 0 Å². The molecule has 1 aromatic carbocycles. The molecule has 0 bridgehead atoms. The first-order valence-corrected chi connectivity index (χ1v) is 5.77. The zero-order valence-electron chi connectivity index (χ0n) is 9.24. The number of hydrogen-bond donors (Lipinski definition) is 1. The molecule has 1 atom stereocenters. The summed E-state index contributed by atoms with van der Waals surface area (Å²) < 4.78 is 13.3. The second kappa shape index (κ2) is 4.49. The summed E-state index contributed by atoms with van der Waals surface area (Å²) in [5.74, 6) is -0.129. The van der Waals surface area contributed by atoms with Crippen LogP contribution < -0.4 is 5.32 Å². The normalized spacial score (nSPS) is 16.6. The maximum Gasteiger partial charge on any atom is 0.294 e. The first-order chi connectivity index (χ1) is 7.99. The molecular weight excluding hydrogens is 247 g/mol. The van der Waals surface area contributed by atoms with E-state index >= 15 is 0 Å². The average molecular weight is 259 g/mol. The first kappa shape index (κ1) is 12.1. The lowest BCUT2D eigenvalue weighted by Gasteiger charge is -2.14. The fourth-order valence-corrected chi connectivity index (χ4v) is 1.92. The lowest BCUT2D eigenvalue weighted by atomic mass is 10.2. The van der Waals surface area contributed by atoms with E-state index in [0.29, 0.717) is 5.92 Å². The molecular formula is C11H12ClFN2O2. The van der Waals surface area contributed by atoms with E-state index in [1.807, 2.05) is 6.92 Å². The molecule has 0 radical (unpaired) electrons. The van der Waals surface area contributed by atoms with Crippen LogP contribution in [0.4, 0.5) is 15.8 Å². The molecule has 0 spiro atoms. The van der Waals surface area contributed by atoms with E-state index in [2.05, 4.69) is 5.32 Å². The highest BCUT2D eigenvalue weighted by Crippen LogP contribution is 2.36. The molecule has 1 fully saturated rings. The largest absolute Gasteiger partial charge is 0.377 e. The van der Waals surface area contributed by atoms with Gasteiger partial charge in [0.1, 0.15) is 11.5 Å². The Morgan fingerprint density at radius 2 is 2.24 bits per heavy atom. The molecule has 2 rings (SSSR count). The molecule has 1 aliphatic carbocycles. The molecule has 0 heterocycles. The zero-order chi connectivity index (χ0) is 12.6. The number of rotatable bonds is 4. The van der Waals surface area contributed by atoms with Crippen LogP contribution in [0.15, 0.2) is 12.1 Å². The number of nitro benzene ring substituents is 1. The van der Waals surface area contributed by atoms with Crippen molar-refractivity contribution >= 4 is 23.0 Å². The van der Waals surface area contributed by atoms with Gasteiger partial charge in [-0.15, -0.1) is 0 Å². The molecule has 1 aliphatic rings. The average Bonchev–Trinajstić information content (AvgIpc) is 3.06. The highest BCUT2D eigenvalue weighted by molar-refractivity contribution is 6.31. The van der Waals surface area contributed by atoms with Crippen molar-refractivity contribution in [3.63, 3.8) is 0 Å². The predicted molar refractivity (Wildman–Crippen MR) is 63.9 cm³/mol. The van der Waals surface area contributed by atoms with Crippen LogP contribution in [0.3, 0.4) is 0 Å². The van der Waals surface area contributed by atoms with E-state index in [9.17, 15) is 14.5 Å². The van der Waals surface area contributed by atoms with Gasteiger partial charge in [-0.1, -0.05) is 11.6 Å². The van der Waals surface area contributed by atoms with Gasteiger partial charge in [-0.3, -0.25) is 10.1 Å². The Morgan fingerprint density at radius 1 is 1.59 bits per heavy atom. The minimum absolute atomic E-state index is 0.106. The highest BCUT2D eigenvalue weighted by atomic mass is 35.5. The van der Waals surface area contributed by atoms with Crippen LogP contribution in [0.25, 0.3) is 0 Å². The summed E-state index contributed by atoms with van der Waals surface area (Å²) in [6.45, 7) is 1.94. The van der Waals surface area contributed by atoms with Crippen molar-refractivity contribution < 1.29 is 9.31 Å². The van der Waals surface area contributed by atoms with E-state index in [4.69, 9.17) is 11.6 Å². The summed E-state index contributed by atoms with van der Waals surface area (Å²) in [5.41, 5.74) is 0.000185. The molecule has 1 N–H and O–H groups in total. The van der Waals surface area contributed by atoms with Crippen LogP contribution in [0.2, 0.25) is 5.02 Å². The third kappa shape index (κ3) is 2.66. The minimum atomic E-state index is -0.650. The van der Waals surface area contributed by atoms with E-state index in [1.165, 1.54) is 0 Å². The Morgan fingerprint density at radius 3 is 2.76 bits per heavy atom. The van der Waals surface area contributed by atoms with E-state index < -0.39 is 10.7 Å². The number of nitrogens with zero attached hydrogens (tertiary/aromatic N) is 1. The summed E-state index contributed by atoms with van der Waals surface area (Å²) in [7, 11) is 0. The summed E-state index contributed by atoms with van der Waals surface area (Å²) in [4.78, 5) is 10.3. The molecule has 1 unspecified atom stereocenters. The SMILES string of the molecule is CC(Nc1cc(F)c(Cl)cc1[N+](=O)[O-])C1CC1. The van der Waals surface area contributed by atoms with Gasteiger partial charge < -0.3 is 5.32 Å². The fraction of sp³-hybridized carbons (Fsp3) is 0.455. The summed E-state index contributed by atoms with van der Waals surface area (Å²) in [6, 6.07) is 2.23. The quantitative estimate of drug-likeness (QED) is 0.663. The van der Waals surface area contributed by atoms with Gasteiger partial charge in [-0.25, -0.2) is 4.39 Å². The van der Waals surface area contributed by atoms with Gasteiger partial charge in [-0.2, -0.15) is 0 Å². The van der Waals surface area contributed by atoms with Crippen LogP contribution in [0.5, 0.6) is 0 Å². The Kier molecular flexibility index (Phi) is 3.19. The van der Waals surface area contributed by atoms with Crippen molar-refractivity contribution in [3.8, 4) is 0 Å². The van der Waals surface area contributed by atoms with Crippen LogP contribution in [0, 0.1) is 21.8 Å². The van der Waals surface area contributed by atoms with Gasteiger partial charge >= 0.3 is 0 Å². The van der Waals surface area contributed by atoms with Gasteiger partial charge in [0, 0.05) is 18.2 Å². The molecule has 0 saturated heterocycles. The summed E-state index contributed by atoms with van der Waals surface area (Å²) in [5, 5.41) is 13.6. The van der Waals surface area contributed by atoms with Gasteiger partial charge in [0.25, 0.3) is 5.69 Å². The molecule has 0 aromatic heterocycles. The number of halogens is 2. The Labute approximate surface area is 103 Å². The molecule has 17 heavy (non-hydrogen) atoms. The van der Waals surface area contributed by atoms with E-state index in [0.717, 1.165) is 25.0 Å². The second-order valence-electron chi connectivity index (χ2n) is 4.31. The van der Waals surface area contributed by atoms with Crippen molar-refractivity contribution in [2.45, 2.75) is 25.8 Å².